The number of methoxy groups -OCH3 is 1. The van der Waals surface area contributed by atoms with Gasteiger partial charge in [0.2, 0.25) is 10.0 Å². The Morgan fingerprint density at radius 2 is 1.83 bits per heavy atom. The van der Waals surface area contributed by atoms with Crippen LogP contribution in [0.2, 0.25) is 0 Å². The second-order valence-electron chi connectivity index (χ2n) is 5.69. The van der Waals surface area contributed by atoms with Crippen LogP contribution in [0.5, 0.6) is 0 Å². The van der Waals surface area contributed by atoms with Crippen molar-refractivity contribution in [1.82, 2.24) is 4.31 Å². The van der Waals surface area contributed by atoms with E-state index in [1.165, 1.54) is 23.0 Å². The molecular weight excluding hydrogens is 346 g/mol. The monoisotopic (exact) mass is 365 g/mol. The van der Waals surface area contributed by atoms with E-state index in [1.54, 1.807) is 5.38 Å². The van der Waals surface area contributed by atoms with E-state index in [2.05, 4.69) is 16.9 Å². The minimum absolute atomic E-state index is 0.0533. The molecule has 0 spiro atoms. The number of ether oxygens (including phenoxy) is 1. The Bertz CT molecular complexity index is 806. The zero-order valence-electron chi connectivity index (χ0n) is 13.3. The molecule has 0 saturated carbocycles. The predicted molar refractivity (Wildman–Crippen MR) is 92.8 cm³/mol. The van der Waals surface area contributed by atoms with Crippen LogP contribution in [-0.4, -0.2) is 38.9 Å². The third-order valence-electron chi connectivity index (χ3n) is 4.34. The summed E-state index contributed by atoms with van der Waals surface area (Å²) in [5.74, 6) is -0.233. The Hall–Kier alpha value is -1.70. The number of esters is 1. The van der Waals surface area contributed by atoms with E-state index in [1.807, 2.05) is 18.2 Å². The van der Waals surface area contributed by atoms with Crippen molar-refractivity contribution in [2.75, 3.05) is 20.2 Å². The number of thiophene rings is 1. The number of carbonyl (C=O) groups is 1. The van der Waals surface area contributed by atoms with Gasteiger partial charge in [-0.2, -0.15) is 4.31 Å². The molecule has 0 atom stereocenters. The Balaban J connectivity index is 1.76. The topological polar surface area (TPSA) is 63.7 Å². The highest BCUT2D eigenvalue weighted by atomic mass is 32.2. The van der Waals surface area contributed by atoms with Crippen LogP contribution in [-0.2, 0) is 14.8 Å². The van der Waals surface area contributed by atoms with Crippen LogP contribution in [0.4, 0.5) is 0 Å². The van der Waals surface area contributed by atoms with Gasteiger partial charge in [-0.3, -0.25) is 0 Å². The maximum atomic E-state index is 12.9. The molecule has 2 heterocycles. The van der Waals surface area contributed by atoms with Gasteiger partial charge in [-0.05, 0) is 35.8 Å². The van der Waals surface area contributed by atoms with Gasteiger partial charge in [-0.25, -0.2) is 13.2 Å². The molecule has 128 valence electrons. The number of benzene rings is 1. The van der Waals surface area contributed by atoms with E-state index in [4.69, 9.17) is 0 Å². The highest BCUT2D eigenvalue weighted by molar-refractivity contribution is 7.89. The van der Waals surface area contributed by atoms with E-state index < -0.39 is 16.0 Å². The van der Waals surface area contributed by atoms with Crippen molar-refractivity contribution in [3.05, 3.63) is 52.2 Å². The van der Waals surface area contributed by atoms with E-state index in [9.17, 15) is 13.2 Å². The van der Waals surface area contributed by atoms with Crippen molar-refractivity contribution in [3.8, 4) is 0 Å². The summed E-state index contributed by atoms with van der Waals surface area (Å²) < 4.78 is 31.9. The highest BCUT2D eigenvalue weighted by Crippen LogP contribution is 2.32. The van der Waals surface area contributed by atoms with Gasteiger partial charge < -0.3 is 4.74 Å². The maximum Gasteiger partial charge on any atom is 0.349 e. The molecule has 5 nitrogen and oxygen atoms in total. The fraction of sp³-hybridized carbons (Fsp3) is 0.353. The van der Waals surface area contributed by atoms with Crippen molar-refractivity contribution in [2.45, 2.75) is 23.7 Å². The summed E-state index contributed by atoms with van der Waals surface area (Å²) in [5, 5.41) is 1.61. The van der Waals surface area contributed by atoms with Gasteiger partial charge in [-0.1, -0.05) is 30.3 Å². The van der Waals surface area contributed by atoms with Crippen molar-refractivity contribution < 1.29 is 17.9 Å². The normalized spacial score (nSPS) is 16.9. The lowest BCUT2D eigenvalue weighted by Gasteiger charge is -2.31. The van der Waals surface area contributed by atoms with Crippen LogP contribution in [0.15, 0.2) is 46.7 Å². The summed E-state index contributed by atoms with van der Waals surface area (Å²) in [6, 6.07) is 11.6. The lowest BCUT2D eigenvalue weighted by atomic mass is 9.90. The Morgan fingerprint density at radius 3 is 2.46 bits per heavy atom. The van der Waals surface area contributed by atoms with E-state index in [0.717, 1.165) is 24.2 Å². The van der Waals surface area contributed by atoms with Crippen LogP contribution in [0.1, 0.15) is 34.0 Å². The number of sulfonamides is 1. The van der Waals surface area contributed by atoms with Gasteiger partial charge in [0.15, 0.2) is 0 Å². The molecule has 1 aliphatic heterocycles. The zero-order valence-corrected chi connectivity index (χ0v) is 15.0. The Kier molecular flexibility index (Phi) is 5.03. The van der Waals surface area contributed by atoms with Crippen LogP contribution in [0, 0.1) is 0 Å². The second kappa shape index (κ2) is 7.04. The van der Waals surface area contributed by atoms with Crippen LogP contribution in [0.25, 0.3) is 0 Å². The molecule has 0 amide bonds. The molecule has 7 heteroatoms. The molecule has 0 N–H and O–H groups in total. The van der Waals surface area contributed by atoms with Crippen LogP contribution in [0.3, 0.4) is 0 Å². The number of piperidine rings is 1. The largest absolute Gasteiger partial charge is 0.465 e. The van der Waals surface area contributed by atoms with E-state index >= 15 is 0 Å². The van der Waals surface area contributed by atoms with Crippen molar-refractivity contribution >= 4 is 27.3 Å². The van der Waals surface area contributed by atoms with Crippen molar-refractivity contribution in [3.63, 3.8) is 0 Å². The lowest BCUT2D eigenvalue weighted by molar-refractivity contribution is 0.0602. The molecule has 1 saturated heterocycles. The molecular formula is C17H19NO4S2. The number of hydrogen-bond donors (Lipinski definition) is 0. The van der Waals surface area contributed by atoms with E-state index in [0.29, 0.717) is 19.0 Å². The third kappa shape index (κ3) is 3.24. The summed E-state index contributed by atoms with van der Waals surface area (Å²) in [6.45, 7) is 0.913. The van der Waals surface area contributed by atoms with Gasteiger partial charge in [0, 0.05) is 13.1 Å². The summed E-state index contributed by atoms with van der Waals surface area (Å²) in [4.78, 5) is 12.0. The summed E-state index contributed by atoms with van der Waals surface area (Å²) >= 11 is 1.09. The minimum atomic E-state index is -3.67. The minimum Gasteiger partial charge on any atom is -0.465 e. The molecule has 0 unspecified atom stereocenters. The highest BCUT2D eigenvalue weighted by Gasteiger charge is 2.33. The van der Waals surface area contributed by atoms with Gasteiger partial charge in [0.25, 0.3) is 0 Å². The van der Waals surface area contributed by atoms with E-state index in [-0.39, 0.29) is 9.77 Å². The number of carbonyl (C=O) groups excluding carboxylic acids is 1. The lowest BCUT2D eigenvalue weighted by Crippen LogP contribution is -2.38. The number of nitrogens with zero attached hydrogens (tertiary/aromatic N) is 1. The average Bonchev–Trinajstić information content (AvgIpc) is 3.12. The first kappa shape index (κ1) is 17.1. The van der Waals surface area contributed by atoms with Crippen molar-refractivity contribution in [1.29, 1.82) is 0 Å². The fourth-order valence-corrected chi connectivity index (χ4v) is 5.81. The molecule has 1 aliphatic rings. The standard InChI is InChI=1S/C17H19NO4S2/c1-22-17(19)16-15(9-12-23-16)24(20,21)18-10-7-14(8-11-18)13-5-3-2-4-6-13/h2-6,9,12,14H,7-8,10-11H2,1H3. The van der Waals surface area contributed by atoms with Crippen LogP contribution >= 0.6 is 11.3 Å². The summed E-state index contributed by atoms with van der Waals surface area (Å²) in [6.07, 6.45) is 1.56. The first-order chi connectivity index (χ1) is 11.5. The molecule has 24 heavy (non-hydrogen) atoms. The summed E-state index contributed by atoms with van der Waals surface area (Å²) in [5.41, 5.74) is 1.25. The van der Waals surface area contributed by atoms with Gasteiger partial charge in [-0.15, -0.1) is 11.3 Å². The van der Waals surface area contributed by atoms with Crippen molar-refractivity contribution in [2.24, 2.45) is 0 Å². The smallest absolute Gasteiger partial charge is 0.349 e. The molecule has 0 radical (unpaired) electrons. The zero-order chi connectivity index (χ0) is 17.2. The Morgan fingerprint density at radius 1 is 1.17 bits per heavy atom. The quantitative estimate of drug-likeness (QED) is 0.781. The van der Waals surface area contributed by atoms with Gasteiger partial charge in [0.1, 0.15) is 9.77 Å². The molecule has 1 aromatic carbocycles. The average molecular weight is 365 g/mol. The Labute approximate surface area is 145 Å². The molecule has 3 rings (SSSR count). The first-order valence-electron chi connectivity index (χ1n) is 7.75. The maximum absolute atomic E-state index is 12.9. The number of hydrogen-bond acceptors (Lipinski definition) is 5. The molecule has 1 aromatic heterocycles. The molecule has 1 fully saturated rings. The molecule has 0 bridgehead atoms. The fourth-order valence-electron chi connectivity index (χ4n) is 3.04. The molecule has 0 aliphatic carbocycles. The predicted octanol–water partition coefficient (Wildman–Crippen LogP) is 3.10. The van der Waals surface area contributed by atoms with Gasteiger partial charge in [0.05, 0.1) is 7.11 Å². The summed E-state index contributed by atoms with van der Waals surface area (Å²) in [7, 11) is -2.41. The second-order valence-corrected chi connectivity index (χ2v) is 8.52. The molecule has 2 aromatic rings. The van der Waals surface area contributed by atoms with Crippen LogP contribution < -0.4 is 0 Å². The van der Waals surface area contributed by atoms with Gasteiger partial charge >= 0.3 is 5.97 Å². The SMILES string of the molecule is COC(=O)c1sccc1S(=O)(=O)N1CCC(c2ccccc2)CC1. The third-order valence-corrected chi connectivity index (χ3v) is 7.31. The number of rotatable bonds is 4. The first-order valence-corrected chi connectivity index (χ1v) is 10.1.